The summed E-state index contributed by atoms with van der Waals surface area (Å²) in [4.78, 5) is 22.5. The molecule has 0 aliphatic heterocycles. The van der Waals surface area contributed by atoms with E-state index in [4.69, 9.17) is 4.74 Å². The van der Waals surface area contributed by atoms with Gasteiger partial charge in [0.1, 0.15) is 17.1 Å². The predicted octanol–water partition coefficient (Wildman–Crippen LogP) is 3.41. The van der Waals surface area contributed by atoms with Gasteiger partial charge in [-0.2, -0.15) is 0 Å². The van der Waals surface area contributed by atoms with E-state index in [9.17, 15) is 4.79 Å². The van der Waals surface area contributed by atoms with Gasteiger partial charge >= 0.3 is 0 Å². The van der Waals surface area contributed by atoms with Gasteiger partial charge in [0, 0.05) is 11.1 Å². The number of amides is 1. The smallest absolute Gasteiger partial charge is 0.225 e. The molecule has 0 aliphatic rings. The molecule has 1 amide bonds. The molecule has 4 rings (SSSR count). The van der Waals surface area contributed by atoms with Crippen LogP contribution in [-0.2, 0) is 24.3 Å². The van der Waals surface area contributed by atoms with Crippen LogP contribution in [0.5, 0.6) is 5.75 Å². The summed E-state index contributed by atoms with van der Waals surface area (Å²) < 4.78 is 7.36. The molecule has 7 heteroatoms. The standard InChI is InChI=1S/C21H20N4O2S/c1-27-16-6-2-5-15(11-16)14-25-19(24-18-8-3-9-22-21(18)25)13-23-20(26)12-17-7-4-10-28-17/h2-11H,12-14H2,1H3,(H,23,26). The van der Waals surface area contributed by atoms with Gasteiger partial charge in [-0.25, -0.2) is 9.97 Å². The number of imidazole rings is 1. The van der Waals surface area contributed by atoms with E-state index in [1.807, 2.05) is 58.5 Å². The van der Waals surface area contributed by atoms with Crippen molar-refractivity contribution < 1.29 is 9.53 Å². The first kappa shape index (κ1) is 18.2. The SMILES string of the molecule is COc1cccc(Cn2c(CNC(=O)Cc3cccs3)nc3cccnc32)c1. The Balaban J connectivity index is 1.57. The van der Waals surface area contributed by atoms with E-state index in [1.54, 1.807) is 24.6 Å². The average molecular weight is 392 g/mol. The molecule has 3 aromatic heterocycles. The normalized spacial score (nSPS) is 10.9. The number of hydrogen-bond acceptors (Lipinski definition) is 5. The minimum absolute atomic E-state index is 0.0182. The molecule has 0 bridgehead atoms. The number of benzene rings is 1. The maximum Gasteiger partial charge on any atom is 0.225 e. The number of methoxy groups -OCH3 is 1. The van der Waals surface area contributed by atoms with Crippen molar-refractivity contribution in [3.05, 3.63) is 76.4 Å². The van der Waals surface area contributed by atoms with Crippen molar-refractivity contribution in [3.63, 3.8) is 0 Å². The summed E-state index contributed by atoms with van der Waals surface area (Å²) in [5.41, 5.74) is 2.69. The zero-order valence-corrected chi connectivity index (χ0v) is 16.3. The van der Waals surface area contributed by atoms with E-state index in [2.05, 4.69) is 15.3 Å². The third kappa shape index (κ3) is 4.04. The topological polar surface area (TPSA) is 69.0 Å². The fraction of sp³-hybridized carbons (Fsp3) is 0.190. The second-order valence-corrected chi connectivity index (χ2v) is 7.38. The maximum absolute atomic E-state index is 12.3. The highest BCUT2D eigenvalue weighted by Gasteiger charge is 2.14. The van der Waals surface area contributed by atoms with Crippen LogP contribution in [0.15, 0.2) is 60.1 Å². The van der Waals surface area contributed by atoms with Crippen molar-refractivity contribution in [2.45, 2.75) is 19.5 Å². The lowest BCUT2D eigenvalue weighted by Crippen LogP contribution is -2.26. The highest BCUT2D eigenvalue weighted by Crippen LogP contribution is 2.19. The minimum atomic E-state index is -0.0182. The summed E-state index contributed by atoms with van der Waals surface area (Å²) in [6, 6.07) is 15.6. The Morgan fingerprint density at radius 2 is 2.14 bits per heavy atom. The first-order valence-corrected chi connectivity index (χ1v) is 9.83. The van der Waals surface area contributed by atoms with Crippen LogP contribution in [-0.4, -0.2) is 27.6 Å². The number of hydrogen-bond donors (Lipinski definition) is 1. The molecule has 0 unspecified atom stereocenters. The molecule has 0 saturated carbocycles. The highest BCUT2D eigenvalue weighted by atomic mass is 32.1. The molecule has 3 heterocycles. The van der Waals surface area contributed by atoms with Gasteiger partial charge in [0.05, 0.1) is 26.6 Å². The number of ether oxygens (including phenoxy) is 1. The zero-order valence-electron chi connectivity index (χ0n) is 15.5. The van der Waals surface area contributed by atoms with Gasteiger partial charge in [-0.05, 0) is 41.3 Å². The van der Waals surface area contributed by atoms with Gasteiger partial charge in [-0.1, -0.05) is 18.2 Å². The van der Waals surface area contributed by atoms with E-state index >= 15 is 0 Å². The number of aromatic nitrogens is 3. The number of rotatable bonds is 7. The Morgan fingerprint density at radius 1 is 1.21 bits per heavy atom. The molecule has 28 heavy (non-hydrogen) atoms. The van der Waals surface area contributed by atoms with Crippen molar-refractivity contribution in [2.75, 3.05) is 7.11 Å². The number of carbonyl (C=O) groups excluding carboxylic acids is 1. The molecule has 0 aliphatic carbocycles. The number of carbonyl (C=O) groups is 1. The maximum atomic E-state index is 12.3. The van der Waals surface area contributed by atoms with Gasteiger partial charge in [-0.3, -0.25) is 4.79 Å². The van der Waals surface area contributed by atoms with Crippen molar-refractivity contribution in [1.29, 1.82) is 0 Å². The lowest BCUT2D eigenvalue weighted by Gasteiger charge is -2.11. The van der Waals surface area contributed by atoms with Crippen LogP contribution in [0.25, 0.3) is 11.2 Å². The van der Waals surface area contributed by atoms with Gasteiger partial charge in [0.25, 0.3) is 0 Å². The number of thiophene rings is 1. The highest BCUT2D eigenvalue weighted by molar-refractivity contribution is 7.10. The van der Waals surface area contributed by atoms with Gasteiger partial charge in [0.2, 0.25) is 5.91 Å². The number of nitrogens with one attached hydrogen (secondary N) is 1. The molecule has 6 nitrogen and oxygen atoms in total. The molecule has 1 aromatic carbocycles. The third-order valence-electron chi connectivity index (χ3n) is 4.42. The average Bonchev–Trinajstić information content (AvgIpc) is 3.35. The Labute approximate surface area is 166 Å². The first-order chi connectivity index (χ1) is 13.7. The Kier molecular flexibility index (Phi) is 5.34. The molecule has 0 spiro atoms. The van der Waals surface area contributed by atoms with Gasteiger partial charge in [-0.15, -0.1) is 11.3 Å². The Hall–Kier alpha value is -3.19. The van der Waals surface area contributed by atoms with Crippen molar-refractivity contribution in [1.82, 2.24) is 19.9 Å². The monoisotopic (exact) mass is 392 g/mol. The van der Waals surface area contributed by atoms with Crippen molar-refractivity contribution in [3.8, 4) is 5.75 Å². The second-order valence-electron chi connectivity index (χ2n) is 6.34. The van der Waals surface area contributed by atoms with Crippen LogP contribution < -0.4 is 10.1 Å². The first-order valence-electron chi connectivity index (χ1n) is 8.95. The minimum Gasteiger partial charge on any atom is -0.497 e. The lowest BCUT2D eigenvalue weighted by molar-refractivity contribution is -0.120. The summed E-state index contributed by atoms with van der Waals surface area (Å²) in [7, 11) is 1.65. The second kappa shape index (κ2) is 8.22. The molecule has 142 valence electrons. The molecule has 0 atom stereocenters. The quantitative estimate of drug-likeness (QED) is 0.523. The van der Waals surface area contributed by atoms with Crippen LogP contribution in [0.3, 0.4) is 0 Å². The van der Waals surface area contributed by atoms with Crippen molar-refractivity contribution >= 4 is 28.4 Å². The van der Waals surface area contributed by atoms with E-state index in [0.29, 0.717) is 19.5 Å². The lowest BCUT2D eigenvalue weighted by atomic mass is 10.2. The van der Waals surface area contributed by atoms with Crippen LogP contribution in [0, 0.1) is 0 Å². The summed E-state index contributed by atoms with van der Waals surface area (Å²) in [6.45, 7) is 0.950. The van der Waals surface area contributed by atoms with Crippen molar-refractivity contribution in [2.24, 2.45) is 0 Å². The molecular formula is C21H20N4O2S. The fourth-order valence-corrected chi connectivity index (χ4v) is 3.77. The Bertz CT molecular complexity index is 1090. The predicted molar refractivity (Wildman–Crippen MR) is 109 cm³/mol. The van der Waals surface area contributed by atoms with E-state index < -0.39 is 0 Å². The summed E-state index contributed by atoms with van der Waals surface area (Å²) >= 11 is 1.58. The van der Waals surface area contributed by atoms with E-state index in [0.717, 1.165) is 33.2 Å². The molecule has 1 N–H and O–H groups in total. The molecule has 0 saturated heterocycles. The number of pyridine rings is 1. The third-order valence-corrected chi connectivity index (χ3v) is 5.29. The summed E-state index contributed by atoms with van der Waals surface area (Å²) in [5, 5.41) is 4.95. The number of nitrogens with zero attached hydrogens (tertiary/aromatic N) is 3. The van der Waals surface area contributed by atoms with E-state index in [-0.39, 0.29) is 5.91 Å². The summed E-state index contributed by atoms with van der Waals surface area (Å²) in [6.07, 6.45) is 2.14. The zero-order chi connectivity index (χ0) is 19.3. The van der Waals surface area contributed by atoms with Crippen LogP contribution in [0.1, 0.15) is 16.3 Å². The van der Waals surface area contributed by atoms with Gasteiger partial charge in [0.15, 0.2) is 5.65 Å². The molecule has 0 fully saturated rings. The van der Waals surface area contributed by atoms with E-state index in [1.165, 1.54) is 0 Å². The fourth-order valence-electron chi connectivity index (χ4n) is 3.07. The van der Waals surface area contributed by atoms with Crippen LogP contribution >= 0.6 is 11.3 Å². The van der Waals surface area contributed by atoms with Gasteiger partial charge < -0.3 is 14.6 Å². The molecule has 4 aromatic rings. The van der Waals surface area contributed by atoms with Crippen LogP contribution in [0.2, 0.25) is 0 Å². The number of fused-ring (bicyclic) bond motifs is 1. The summed E-state index contributed by atoms with van der Waals surface area (Å²) in [5.74, 6) is 1.56. The largest absolute Gasteiger partial charge is 0.497 e. The molecule has 0 radical (unpaired) electrons. The van der Waals surface area contributed by atoms with Crippen LogP contribution in [0.4, 0.5) is 0 Å². The molecular weight excluding hydrogens is 372 g/mol. The Morgan fingerprint density at radius 3 is 2.96 bits per heavy atom.